The Balaban J connectivity index is 1.43. The fraction of sp³-hybridized carbons (Fsp3) is 0.100. The third-order valence-electron chi connectivity index (χ3n) is 6.29. The van der Waals surface area contributed by atoms with E-state index < -0.39 is 10.0 Å². The number of benzene rings is 4. The first-order valence-corrected chi connectivity index (χ1v) is 13.6. The van der Waals surface area contributed by atoms with E-state index in [0.717, 1.165) is 11.1 Å². The molecule has 1 aromatic heterocycles. The number of hydrogen-bond acceptors (Lipinski definition) is 7. The molecule has 0 bridgehead atoms. The summed E-state index contributed by atoms with van der Waals surface area (Å²) in [6.07, 6.45) is 0. The number of nitrogens with one attached hydrogen (secondary N) is 1. The van der Waals surface area contributed by atoms with Gasteiger partial charge in [-0.1, -0.05) is 48.0 Å². The highest BCUT2D eigenvalue weighted by Gasteiger charge is 2.22. The maximum absolute atomic E-state index is 13.6. The molecular weight excluding hydrogens is 518 g/mol. The second-order valence-corrected chi connectivity index (χ2v) is 10.7. The minimum absolute atomic E-state index is 0.0400. The molecule has 9 heteroatoms. The molecule has 2 heterocycles. The van der Waals surface area contributed by atoms with Crippen molar-refractivity contribution in [1.29, 1.82) is 0 Å². The van der Waals surface area contributed by atoms with Gasteiger partial charge in [-0.25, -0.2) is 8.42 Å². The van der Waals surface area contributed by atoms with Crippen LogP contribution in [0.25, 0.3) is 22.3 Å². The van der Waals surface area contributed by atoms with E-state index in [1.165, 1.54) is 30.3 Å². The zero-order valence-electron chi connectivity index (χ0n) is 20.8. The molecule has 39 heavy (non-hydrogen) atoms. The Labute approximate surface area is 224 Å². The number of sulfonamides is 1. The molecule has 4 aromatic carbocycles. The topological polar surface area (TPSA) is 104 Å². The van der Waals surface area contributed by atoms with Gasteiger partial charge in [-0.2, -0.15) is 0 Å². The molecule has 6 rings (SSSR count). The van der Waals surface area contributed by atoms with E-state index in [1.54, 1.807) is 30.3 Å². The molecule has 8 nitrogen and oxygen atoms in total. The summed E-state index contributed by atoms with van der Waals surface area (Å²) in [6.45, 7) is 2.14. The Hall–Kier alpha value is -4.76. The summed E-state index contributed by atoms with van der Waals surface area (Å²) in [6, 6.07) is 25.7. The number of anilines is 1. The third kappa shape index (κ3) is 4.92. The lowest BCUT2D eigenvalue weighted by atomic mass is 10.1. The Morgan fingerprint density at radius 2 is 1.64 bits per heavy atom. The molecule has 0 atom stereocenters. The van der Waals surface area contributed by atoms with Crippen LogP contribution in [0.2, 0.25) is 0 Å². The summed E-state index contributed by atoms with van der Waals surface area (Å²) in [7, 11) is -3.85. The van der Waals surface area contributed by atoms with Crippen LogP contribution in [0.1, 0.15) is 11.1 Å². The quantitative estimate of drug-likeness (QED) is 0.275. The molecular formula is C30H23NO7S. The van der Waals surface area contributed by atoms with Gasteiger partial charge in [-0.3, -0.25) is 9.52 Å². The smallest absolute Gasteiger partial charge is 0.261 e. The van der Waals surface area contributed by atoms with E-state index in [-0.39, 0.29) is 51.9 Å². The van der Waals surface area contributed by atoms with Gasteiger partial charge in [-0.15, -0.1) is 0 Å². The van der Waals surface area contributed by atoms with Crippen molar-refractivity contribution >= 4 is 26.7 Å². The first-order valence-electron chi connectivity index (χ1n) is 12.1. The van der Waals surface area contributed by atoms with E-state index in [2.05, 4.69) is 4.72 Å². The van der Waals surface area contributed by atoms with E-state index in [9.17, 15) is 13.2 Å². The maximum Gasteiger partial charge on any atom is 0.261 e. The van der Waals surface area contributed by atoms with Gasteiger partial charge in [-0.05, 0) is 55.0 Å². The normalized spacial score (nSPS) is 12.4. The molecule has 1 aliphatic heterocycles. The molecule has 0 spiro atoms. The van der Waals surface area contributed by atoms with E-state index >= 15 is 0 Å². The number of rotatable bonds is 7. The molecule has 0 radical (unpaired) electrons. The summed E-state index contributed by atoms with van der Waals surface area (Å²) in [4.78, 5) is 13.8. The first kappa shape index (κ1) is 24.6. The van der Waals surface area contributed by atoms with Crippen LogP contribution < -0.4 is 24.4 Å². The van der Waals surface area contributed by atoms with Crippen LogP contribution in [0.3, 0.4) is 0 Å². The third-order valence-corrected chi connectivity index (χ3v) is 7.69. The summed E-state index contributed by atoms with van der Waals surface area (Å²) in [5.41, 5.74) is 2.45. The van der Waals surface area contributed by atoms with Crippen molar-refractivity contribution in [3.05, 3.63) is 112 Å². The highest BCUT2D eigenvalue weighted by Crippen LogP contribution is 2.39. The molecule has 196 valence electrons. The number of aryl methyl sites for hydroxylation is 1. The van der Waals surface area contributed by atoms with Crippen LogP contribution in [0.5, 0.6) is 17.2 Å². The molecule has 0 aliphatic carbocycles. The van der Waals surface area contributed by atoms with Crippen LogP contribution in [0.15, 0.2) is 105 Å². The fourth-order valence-corrected chi connectivity index (χ4v) is 5.31. The van der Waals surface area contributed by atoms with Gasteiger partial charge >= 0.3 is 0 Å². The summed E-state index contributed by atoms with van der Waals surface area (Å²) < 4.78 is 51.6. The lowest BCUT2D eigenvalue weighted by Crippen LogP contribution is -2.13. The fourth-order valence-electron chi connectivity index (χ4n) is 4.26. The lowest BCUT2D eigenvalue weighted by molar-refractivity contribution is 0.174. The highest BCUT2D eigenvalue weighted by molar-refractivity contribution is 7.92. The first-order chi connectivity index (χ1) is 18.9. The van der Waals surface area contributed by atoms with E-state index in [1.807, 2.05) is 37.3 Å². The van der Waals surface area contributed by atoms with E-state index in [4.69, 9.17) is 18.6 Å². The van der Waals surface area contributed by atoms with Gasteiger partial charge in [0, 0.05) is 11.6 Å². The van der Waals surface area contributed by atoms with Crippen molar-refractivity contribution in [3.63, 3.8) is 0 Å². The Morgan fingerprint density at radius 1 is 0.872 bits per heavy atom. The van der Waals surface area contributed by atoms with Gasteiger partial charge in [0.2, 0.25) is 18.0 Å². The molecule has 5 aromatic rings. The number of ether oxygens (including phenoxy) is 3. The minimum Gasteiger partial charge on any atom is -0.481 e. The van der Waals surface area contributed by atoms with Gasteiger partial charge in [0.25, 0.3) is 10.0 Å². The van der Waals surface area contributed by atoms with Crippen molar-refractivity contribution in [2.75, 3.05) is 11.5 Å². The van der Waals surface area contributed by atoms with Gasteiger partial charge < -0.3 is 18.6 Å². The van der Waals surface area contributed by atoms with E-state index in [0.29, 0.717) is 17.1 Å². The predicted octanol–water partition coefficient (Wildman–Crippen LogP) is 5.88. The highest BCUT2D eigenvalue weighted by atomic mass is 32.2. The van der Waals surface area contributed by atoms with Crippen LogP contribution >= 0.6 is 0 Å². The summed E-state index contributed by atoms with van der Waals surface area (Å²) in [5, 5.41) is 0.251. The molecule has 0 fully saturated rings. The van der Waals surface area contributed by atoms with Crippen LogP contribution in [-0.2, 0) is 16.6 Å². The predicted molar refractivity (Wildman–Crippen MR) is 147 cm³/mol. The standard InChI is InChI=1S/C30H23NO7S/c1-19-7-11-23(12-8-19)39(33,34)31-22-10-13-24-26(16-22)38-29(21-9-14-25-27(15-21)37-18-36-25)30(28(24)32)35-17-20-5-3-2-4-6-20/h2-16,31H,17-18H2,1H3. The molecule has 1 N–H and O–H groups in total. The lowest BCUT2D eigenvalue weighted by Gasteiger charge is -2.13. The van der Waals surface area contributed by atoms with Crippen LogP contribution in [0.4, 0.5) is 5.69 Å². The molecule has 0 amide bonds. The maximum atomic E-state index is 13.6. The van der Waals surface area contributed by atoms with Crippen molar-refractivity contribution in [2.45, 2.75) is 18.4 Å². The van der Waals surface area contributed by atoms with Crippen molar-refractivity contribution < 1.29 is 27.0 Å². The number of fused-ring (bicyclic) bond motifs is 2. The number of hydrogen-bond donors (Lipinski definition) is 1. The minimum atomic E-state index is -3.85. The van der Waals surface area contributed by atoms with Crippen LogP contribution in [0, 0.1) is 6.92 Å². The molecule has 0 unspecified atom stereocenters. The van der Waals surface area contributed by atoms with Crippen molar-refractivity contribution in [1.82, 2.24) is 0 Å². The van der Waals surface area contributed by atoms with Gasteiger partial charge in [0.1, 0.15) is 12.2 Å². The van der Waals surface area contributed by atoms with Crippen LogP contribution in [-0.4, -0.2) is 15.2 Å². The largest absolute Gasteiger partial charge is 0.481 e. The zero-order valence-corrected chi connectivity index (χ0v) is 21.7. The SMILES string of the molecule is Cc1ccc(S(=O)(=O)Nc2ccc3c(=O)c(OCc4ccccc4)c(-c4ccc5c(c4)OCO5)oc3c2)cc1. The molecule has 1 aliphatic rings. The summed E-state index contributed by atoms with van der Waals surface area (Å²) in [5.74, 6) is 1.34. The van der Waals surface area contributed by atoms with Gasteiger partial charge in [0.15, 0.2) is 17.3 Å². The Kier molecular flexibility index (Phi) is 6.20. The van der Waals surface area contributed by atoms with Crippen molar-refractivity contribution in [2.24, 2.45) is 0 Å². The van der Waals surface area contributed by atoms with Gasteiger partial charge in [0.05, 0.1) is 16.0 Å². The second kappa shape index (κ2) is 9.85. The molecule has 0 saturated heterocycles. The zero-order chi connectivity index (χ0) is 27.0. The Morgan fingerprint density at radius 3 is 2.44 bits per heavy atom. The summed E-state index contributed by atoms with van der Waals surface area (Å²) >= 11 is 0. The average Bonchev–Trinajstić information content (AvgIpc) is 3.41. The Bertz CT molecular complexity index is 1850. The molecule has 0 saturated carbocycles. The monoisotopic (exact) mass is 541 g/mol. The van der Waals surface area contributed by atoms with Crippen molar-refractivity contribution in [3.8, 4) is 28.6 Å². The average molecular weight is 542 g/mol. The second-order valence-electron chi connectivity index (χ2n) is 9.06.